The third-order valence-electron chi connectivity index (χ3n) is 3.57. The van der Waals surface area contributed by atoms with Gasteiger partial charge in [-0.05, 0) is 30.4 Å². The number of ether oxygens (including phenoxy) is 1. The second-order valence-electron chi connectivity index (χ2n) is 5.36. The van der Waals surface area contributed by atoms with E-state index in [4.69, 9.17) is 10.5 Å². The van der Waals surface area contributed by atoms with Crippen LogP contribution in [0.3, 0.4) is 0 Å². The van der Waals surface area contributed by atoms with Crippen LogP contribution < -0.4 is 11.1 Å². The van der Waals surface area contributed by atoms with Crippen LogP contribution in [0.5, 0.6) is 0 Å². The Hall–Kier alpha value is -1.39. The number of hydrogen-bond acceptors (Lipinski definition) is 3. The van der Waals surface area contributed by atoms with Gasteiger partial charge in [-0.2, -0.15) is 0 Å². The van der Waals surface area contributed by atoms with Crippen molar-refractivity contribution in [2.75, 3.05) is 18.5 Å². The van der Waals surface area contributed by atoms with E-state index in [-0.39, 0.29) is 5.91 Å². The lowest BCUT2D eigenvalue weighted by molar-refractivity contribution is -0.116. The topological polar surface area (TPSA) is 64.3 Å². The zero-order chi connectivity index (χ0) is 14.2. The first-order valence-corrected chi connectivity index (χ1v) is 7.45. The minimum absolute atomic E-state index is 0.0247. The maximum atomic E-state index is 11.8. The fourth-order valence-electron chi connectivity index (χ4n) is 2.13. The minimum atomic E-state index is 0.0247. The molecule has 0 radical (unpaired) electrons. The second-order valence-corrected chi connectivity index (χ2v) is 5.36. The van der Waals surface area contributed by atoms with Crippen molar-refractivity contribution < 1.29 is 9.53 Å². The number of para-hydroxylation sites is 1. The first-order valence-electron chi connectivity index (χ1n) is 7.45. The van der Waals surface area contributed by atoms with Crippen molar-refractivity contribution in [2.45, 2.75) is 38.6 Å². The summed E-state index contributed by atoms with van der Waals surface area (Å²) < 4.78 is 5.53. The van der Waals surface area contributed by atoms with E-state index in [0.717, 1.165) is 30.2 Å². The van der Waals surface area contributed by atoms with Gasteiger partial charge < -0.3 is 15.8 Å². The summed E-state index contributed by atoms with van der Waals surface area (Å²) >= 11 is 0. The van der Waals surface area contributed by atoms with Crippen molar-refractivity contribution in [1.82, 2.24) is 0 Å². The van der Waals surface area contributed by atoms with Crippen LogP contribution in [-0.2, 0) is 16.1 Å². The summed E-state index contributed by atoms with van der Waals surface area (Å²) in [6, 6.07) is 7.63. The van der Waals surface area contributed by atoms with Crippen LogP contribution in [0.2, 0.25) is 0 Å². The molecule has 0 aromatic heterocycles. The number of anilines is 1. The van der Waals surface area contributed by atoms with Crippen LogP contribution in [-0.4, -0.2) is 19.1 Å². The number of hydrogen-bond donors (Lipinski definition) is 2. The Morgan fingerprint density at radius 1 is 1.30 bits per heavy atom. The Labute approximate surface area is 120 Å². The highest BCUT2D eigenvalue weighted by molar-refractivity contribution is 5.91. The number of carbonyl (C=O) groups is 1. The fourth-order valence-corrected chi connectivity index (χ4v) is 2.13. The molecule has 110 valence electrons. The van der Waals surface area contributed by atoms with Crippen molar-refractivity contribution >= 4 is 11.6 Å². The molecule has 0 saturated heterocycles. The van der Waals surface area contributed by atoms with Crippen LogP contribution in [0.15, 0.2) is 24.3 Å². The Kier molecular flexibility index (Phi) is 6.02. The number of rotatable bonds is 9. The molecule has 4 heteroatoms. The highest BCUT2D eigenvalue weighted by Crippen LogP contribution is 2.32. The predicted molar refractivity (Wildman–Crippen MR) is 80.4 cm³/mol. The molecule has 1 aliphatic carbocycles. The molecule has 20 heavy (non-hydrogen) atoms. The van der Waals surface area contributed by atoms with Crippen molar-refractivity contribution in [2.24, 2.45) is 11.7 Å². The SMILES string of the molecule is NCc1ccccc1NC(=O)CCCOCCC1CC1. The molecule has 1 fully saturated rings. The Balaban J connectivity index is 1.59. The van der Waals surface area contributed by atoms with Crippen LogP contribution in [0.4, 0.5) is 5.69 Å². The van der Waals surface area contributed by atoms with E-state index in [2.05, 4.69) is 5.32 Å². The summed E-state index contributed by atoms with van der Waals surface area (Å²) in [5, 5.41) is 2.91. The average molecular weight is 276 g/mol. The van der Waals surface area contributed by atoms with Gasteiger partial charge in [-0.15, -0.1) is 0 Å². The molecule has 0 atom stereocenters. The second kappa shape index (κ2) is 8.02. The van der Waals surface area contributed by atoms with E-state index in [1.54, 1.807) is 0 Å². The van der Waals surface area contributed by atoms with E-state index < -0.39 is 0 Å². The fraction of sp³-hybridized carbons (Fsp3) is 0.562. The summed E-state index contributed by atoms with van der Waals surface area (Å²) in [6.07, 6.45) is 5.17. The molecule has 1 amide bonds. The normalized spacial score (nSPS) is 14.2. The molecule has 0 bridgehead atoms. The Morgan fingerprint density at radius 3 is 2.85 bits per heavy atom. The standard InChI is InChI=1S/C16H24N2O2/c17-12-14-4-1-2-5-15(14)18-16(19)6-3-10-20-11-9-13-7-8-13/h1-2,4-5,13H,3,6-12,17H2,(H,18,19). The number of carbonyl (C=O) groups excluding carboxylic acids is 1. The number of benzene rings is 1. The molecule has 1 aliphatic rings. The van der Waals surface area contributed by atoms with E-state index in [1.807, 2.05) is 24.3 Å². The summed E-state index contributed by atoms with van der Waals surface area (Å²) in [6.45, 7) is 1.93. The predicted octanol–water partition coefficient (Wildman–Crippen LogP) is 2.68. The number of amides is 1. The van der Waals surface area contributed by atoms with E-state index in [9.17, 15) is 4.79 Å². The summed E-state index contributed by atoms with van der Waals surface area (Å²) in [7, 11) is 0. The summed E-state index contributed by atoms with van der Waals surface area (Å²) in [4.78, 5) is 11.8. The molecule has 1 aromatic rings. The lowest BCUT2D eigenvalue weighted by atomic mass is 10.1. The van der Waals surface area contributed by atoms with Crippen LogP contribution >= 0.6 is 0 Å². The molecule has 4 nitrogen and oxygen atoms in total. The van der Waals surface area contributed by atoms with Crippen molar-refractivity contribution in [3.8, 4) is 0 Å². The maximum absolute atomic E-state index is 11.8. The quantitative estimate of drug-likeness (QED) is 0.682. The largest absolute Gasteiger partial charge is 0.381 e. The van der Waals surface area contributed by atoms with Gasteiger partial charge in [-0.3, -0.25) is 4.79 Å². The molecule has 0 heterocycles. The zero-order valence-electron chi connectivity index (χ0n) is 11.9. The van der Waals surface area contributed by atoms with Crippen molar-refractivity contribution in [3.63, 3.8) is 0 Å². The van der Waals surface area contributed by atoms with Crippen LogP contribution in [0.1, 0.15) is 37.7 Å². The van der Waals surface area contributed by atoms with Gasteiger partial charge in [-0.1, -0.05) is 31.0 Å². The molecule has 2 rings (SSSR count). The van der Waals surface area contributed by atoms with Gasteiger partial charge in [0.1, 0.15) is 0 Å². The lowest BCUT2D eigenvalue weighted by Gasteiger charge is -2.09. The van der Waals surface area contributed by atoms with Gasteiger partial charge in [0.05, 0.1) is 0 Å². The van der Waals surface area contributed by atoms with Gasteiger partial charge >= 0.3 is 0 Å². The molecule has 1 aromatic carbocycles. The molecule has 1 saturated carbocycles. The summed E-state index contributed by atoms with van der Waals surface area (Å²) in [5.74, 6) is 0.933. The highest BCUT2D eigenvalue weighted by atomic mass is 16.5. The minimum Gasteiger partial charge on any atom is -0.381 e. The van der Waals surface area contributed by atoms with Gasteiger partial charge in [0, 0.05) is 31.9 Å². The van der Waals surface area contributed by atoms with Crippen molar-refractivity contribution in [1.29, 1.82) is 0 Å². The van der Waals surface area contributed by atoms with Crippen LogP contribution in [0, 0.1) is 5.92 Å². The molecule has 0 unspecified atom stereocenters. The molecule has 3 N–H and O–H groups in total. The third-order valence-corrected chi connectivity index (χ3v) is 3.57. The lowest BCUT2D eigenvalue weighted by Crippen LogP contribution is -2.14. The van der Waals surface area contributed by atoms with Crippen LogP contribution in [0.25, 0.3) is 0 Å². The zero-order valence-corrected chi connectivity index (χ0v) is 11.9. The highest BCUT2D eigenvalue weighted by Gasteiger charge is 2.20. The van der Waals surface area contributed by atoms with E-state index in [0.29, 0.717) is 19.6 Å². The van der Waals surface area contributed by atoms with E-state index in [1.165, 1.54) is 19.3 Å². The Bertz CT molecular complexity index is 430. The van der Waals surface area contributed by atoms with Crippen molar-refractivity contribution in [3.05, 3.63) is 29.8 Å². The van der Waals surface area contributed by atoms with Gasteiger partial charge in [0.2, 0.25) is 5.91 Å². The van der Waals surface area contributed by atoms with Gasteiger partial charge in [0.15, 0.2) is 0 Å². The van der Waals surface area contributed by atoms with Gasteiger partial charge in [0.25, 0.3) is 0 Å². The smallest absolute Gasteiger partial charge is 0.224 e. The maximum Gasteiger partial charge on any atom is 0.224 e. The molecule has 0 spiro atoms. The summed E-state index contributed by atoms with van der Waals surface area (Å²) in [5.41, 5.74) is 7.41. The monoisotopic (exact) mass is 276 g/mol. The average Bonchev–Trinajstić information content (AvgIpc) is 3.27. The Morgan fingerprint density at radius 2 is 2.10 bits per heavy atom. The number of nitrogens with two attached hydrogens (primary N) is 1. The third kappa shape index (κ3) is 5.31. The molecular weight excluding hydrogens is 252 g/mol. The molecular formula is C16H24N2O2. The van der Waals surface area contributed by atoms with E-state index >= 15 is 0 Å². The van der Waals surface area contributed by atoms with Gasteiger partial charge in [-0.25, -0.2) is 0 Å². The number of nitrogens with one attached hydrogen (secondary N) is 1. The first kappa shape index (κ1) is 15.0. The molecule has 0 aliphatic heterocycles. The first-order chi connectivity index (χ1) is 9.79.